The van der Waals surface area contributed by atoms with Gasteiger partial charge < -0.3 is 9.64 Å². The van der Waals surface area contributed by atoms with E-state index in [1.165, 1.54) is 16.9 Å². The molecule has 0 bridgehead atoms. The van der Waals surface area contributed by atoms with Crippen LogP contribution in [0.3, 0.4) is 0 Å². The van der Waals surface area contributed by atoms with E-state index in [1.807, 2.05) is 11.8 Å². The summed E-state index contributed by atoms with van der Waals surface area (Å²) in [6.07, 6.45) is 4.34. The van der Waals surface area contributed by atoms with E-state index >= 15 is 0 Å². The second-order valence-corrected chi connectivity index (χ2v) is 8.27. The summed E-state index contributed by atoms with van der Waals surface area (Å²) in [6, 6.07) is 2.12. The average Bonchev–Trinajstić information content (AvgIpc) is 2.86. The summed E-state index contributed by atoms with van der Waals surface area (Å²) in [5.74, 6) is 0.701. The molecular weight excluding hydrogens is 336 g/mol. The zero-order valence-corrected chi connectivity index (χ0v) is 16.1. The zero-order chi connectivity index (χ0) is 17.8. The van der Waals surface area contributed by atoms with Crippen molar-refractivity contribution in [3.05, 3.63) is 21.4 Å². The number of carbonyl (C=O) groups is 2. The Bertz CT molecular complexity index is 628. The quantitative estimate of drug-likeness (QED) is 0.771. The van der Waals surface area contributed by atoms with Gasteiger partial charge in [-0.25, -0.2) is 0 Å². The second kappa shape index (κ2) is 8.32. The summed E-state index contributed by atoms with van der Waals surface area (Å²) in [5.41, 5.74) is 1.38. The van der Waals surface area contributed by atoms with Gasteiger partial charge in [0.15, 0.2) is 0 Å². The molecule has 1 atom stereocenters. The summed E-state index contributed by atoms with van der Waals surface area (Å²) in [6.45, 7) is 7.85. The summed E-state index contributed by atoms with van der Waals surface area (Å²) >= 11 is 1.69. The molecule has 2 aliphatic rings. The molecule has 1 aliphatic heterocycles. The van der Waals surface area contributed by atoms with E-state index < -0.39 is 0 Å². The Morgan fingerprint density at radius 1 is 1.28 bits per heavy atom. The molecule has 0 spiro atoms. The Kier molecular flexibility index (Phi) is 6.12. The minimum atomic E-state index is -0.178. The Hall–Kier alpha value is -1.40. The third kappa shape index (κ3) is 4.61. The van der Waals surface area contributed by atoms with Crippen molar-refractivity contribution in [1.29, 1.82) is 0 Å². The summed E-state index contributed by atoms with van der Waals surface area (Å²) in [7, 11) is 0. The van der Waals surface area contributed by atoms with Crippen molar-refractivity contribution in [3.8, 4) is 0 Å². The molecule has 0 saturated carbocycles. The minimum Gasteiger partial charge on any atom is -0.465 e. The molecule has 0 N–H and O–H groups in total. The second-order valence-electron chi connectivity index (χ2n) is 7.13. The van der Waals surface area contributed by atoms with Crippen LogP contribution in [0.2, 0.25) is 0 Å². The third-order valence-corrected chi connectivity index (χ3v) is 6.30. The van der Waals surface area contributed by atoms with E-state index in [-0.39, 0.29) is 11.9 Å². The first-order valence-corrected chi connectivity index (χ1v) is 10.2. The number of fused-ring (bicyclic) bond motifs is 1. The predicted octanol–water partition coefficient (Wildman–Crippen LogP) is 2.58. The topological polar surface area (TPSA) is 49.9 Å². The monoisotopic (exact) mass is 364 g/mol. The summed E-state index contributed by atoms with van der Waals surface area (Å²) < 4.78 is 5.02. The first kappa shape index (κ1) is 18.4. The van der Waals surface area contributed by atoms with E-state index in [2.05, 4.69) is 17.9 Å². The van der Waals surface area contributed by atoms with Gasteiger partial charge in [0.05, 0.1) is 18.0 Å². The molecule has 1 fully saturated rings. The van der Waals surface area contributed by atoms with Gasteiger partial charge in [0.2, 0.25) is 0 Å². The minimum absolute atomic E-state index is 0.157. The third-order valence-electron chi connectivity index (χ3n) is 5.07. The van der Waals surface area contributed by atoms with Gasteiger partial charge in [-0.2, -0.15) is 0 Å². The van der Waals surface area contributed by atoms with Gasteiger partial charge in [0, 0.05) is 31.1 Å². The van der Waals surface area contributed by atoms with Gasteiger partial charge in [-0.3, -0.25) is 14.5 Å². The van der Waals surface area contributed by atoms with Gasteiger partial charge in [-0.05, 0) is 50.2 Å². The van der Waals surface area contributed by atoms with Crippen molar-refractivity contribution in [2.75, 3.05) is 39.3 Å². The standard InChI is InChI=1S/C19H28N2O3S/c1-3-24-18(22)13-20-7-4-8-21(10-9-20)19(23)17-12-15-11-14(2)5-6-16(15)25-17/h12,14H,3-11,13H2,1-2H3. The van der Waals surface area contributed by atoms with Crippen molar-refractivity contribution in [3.63, 3.8) is 0 Å². The fourth-order valence-corrected chi connectivity index (χ4v) is 4.86. The Morgan fingerprint density at radius 3 is 2.92 bits per heavy atom. The molecule has 5 nitrogen and oxygen atoms in total. The molecule has 0 radical (unpaired) electrons. The lowest BCUT2D eigenvalue weighted by Crippen LogP contribution is -2.36. The van der Waals surface area contributed by atoms with E-state index in [1.54, 1.807) is 11.3 Å². The van der Waals surface area contributed by atoms with Gasteiger partial charge in [0.25, 0.3) is 5.91 Å². The van der Waals surface area contributed by atoms with E-state index in [9.17, 15) is 9.59 Å². The smallest absolute Gasteiger partial charge is 0.320 e. The summed E-state index contributed by atoms with van der Waals surface area (Å²) in [4.78, 5) is 30.9. The lowest BCUT2D eigenvalue weighted by molar-refractivity contribution is -0.144. The van der Waals surface area contributed by atoms with Crippen LogP contribution in [0, 0.1) is 5.92 Å². The van der Waals surface area contributed by atoms with Gasteiger partial charge in [0.1, 0.15) is 0 Å². The van der Waals surface area contributed by atoms with Crippen molar-refractivity contribution in [2.24, 2.45) is 5.92 Å². The molecule has 25 heavy (non-hydrogen) atoms. The Morgan fingerprint density at radius 2 is 2.12 bits per heavy atom. The largest absolute Gasteiger partial charge is 0.465 e. The molecule has 138 valence electrons. The lowest BCUT2D eigenvalue weighted by Gasteiger charge is -2.21. The SMILES string of the molecule is CCOC(=O)CN1CCCN(C(=O)c2cc3c(s2)CCC(C)C3)CC1. The van der Waals surface area contributed by atoms with Crippen LogP contribution < -0.4 is 0 Å². The Balaban J connectivity index is 1.59. The van der Waals surface area contributed by atoms with Crippen molar-refractivity contribution in [1.82, 2.24) is 9.80 Å². The first-order valence-electron chi connectivity index (χ1n) is 9.35. The number of amides is 1. The van der Waals surface area contributed by atoms with Crippen molar-refractivity contribution < 1.29 is 14.3 Å². The Labute approximate surface area is 153 Å². The molecule has 1 saturated heterocycles. The zero-order valence-electron chi connectivity index (χ0n) is 15.3. The molecule has 1 unspecified atom stereocenters. The van der Waals surface area contributed by atoms with E-state index in [0.717, 1.165) is 49.7 Å². The van der Waals surface area contributed by atoms with Gasteiger partial charge >= 0.3 is 5.97 Å². The maximum atomic E-state index is 12.9. The van der Waals surface area contributed by atoms with Crippen LogP contribution >= 0.6 is 11.3 Å². The van der Waals surface area contributed by atoms with Crippen LogP contribution in [-0.2, 0) is 22.4 Å². The lowest BCUT2D eigenvalue weighted by atomic mass is 9.90. The number of thiophene rings is 1. The maximum Gasteiger partial charge on any atom is 0.320 e. The molecule has 1 aliphatic carbocycles. The number of esters is 1. The molecule has 1 aromatic rings. The molecule has 0 aromatic carbocycles. The maximum absolute atomic E-state index is 12.9. The molecule has 6 heteroatoms. The van der Waals surface area contributed by atoms with Crippen LogP contribution in [0.1, 0.15) is 46.8 Å². The molecular formula is C19H28N2O3S. The number of ether oxygens (including phenoxy) is 1. The number of hydrogen-bond donors (Lipinski definition) is 0. The van der Waals surface area contributed by atoms with Crippen LogP contribution in [0.5, 0.6) is 0 Å². The average molecular weight is 365 g/mol. The summed E-state index contributed by atoms with van der Waals surface area (Å²) in [5, 5.41) is 0. The van der Waals surface area contributed by atoms with E-state index in [0.29, 0.717) is 19.7 Å². The number of carbonyl (C=O) groups excluding carboxylic acids is 2. The van der Waals surface area contributed by atoms with E-state index in [4.69, 9.17) is 4.74 Å². The highest BCUT2D eigenvalue weighted by atomic mass is 32.1. The van der Waals surface area contributed by atoms with Crippen molar-refractivity contribution >= 4 is 23.2 Å². The fourth-order valence-electron chi connectivity index (χ4n) is 3.69. The van der Waals surface area contributed by atoms with Crippen LogP contribution in [0.15, 0.2) is 6.07 Å². The number of rotatable bonds is 4. The number of aryl methyl sites for hydroxylation is 1. The first-order chi connectivity index (χ1) is 12.1. The van der Waals surface area contributed by atoms with Crippen LogP contribution in [-0.4, -0.2) is 61.0 Å². The molecule has 1 amide bonds. The van der Waals surface area contributed by atoms with Crippen molar-refractivity contribution in [2.45, 2.75) is 39.5 Å². The van der Waals surface area contributed by atoms with Gasteiger partial charge in [-0.15, -0.1) is 11.3 Å². The highest BCUT2D eigenvalue weighted by molar-refractivity contribution is 7.14. The van der Waals surface area contributed by atoms with Crippen LogP contribution in [0.25, 0.3) is 0 Å². The van der Waals surface area contributed by atoms with Crippen LogP contribution in [0.4, 0.5) is 0 Å². The highest BCUT2D eigenvalue weighted by Gasteiger charge is 2.25. The number of nitrogens with zero attached hydrogens (tertiary/aromatic N) is 2. The van der Waals surface area contributed by atoms with Gasteiger partial charge in [-0.1, -0.05) is 6.92 Å². The highest BCUT2D eigenvalue weighted by Crippen LogP contribution is 2.32. The fraction of sp³-hybridized carbons (Fsp3) is 0.684. The molecule has 2 heterocycles. The molecule has 3 rings (SSSR count). The predicted molar refractivity (Wildman–Crippen MR) is 99.1 cm³/mol. The number of hydrogen-bond acceptors (Lipinski definition) is 5. The molecule has 1 aromatic heterocycles. The normalized spacial score (nSPS) is 21.5.